The summed E-state index contributed by atoms with van der Waals surface area (Å²) in [5, 5.41) is 3.59. The van der Waals surface area contributed by atoms with E-state index in [1.165, 1.54) is 11.8 Å². The molecule has 2 aromatic rings. The van der Waals surface area contributed by atoms with Gasteiger partial charge in [-0.2, -0.15) is 0 Å². The molecule has 0 fully saturated rings. The van der Waals surface area contributed by atoms with Crippen LogP contribution in [-0.4, -0.2) is 61.0 Å². The standard InChI is InChI=1S/C21H33N5O2S/c1-7-26(8-2)19-13-17(15(3)4)23-21(24-19)29-14-16-9-10-18(28-16)20(27)22-11-12-25(5)6/h9-10,13,15H,7-8,11-12,14H2,1-6H3,(H,22,27). The van der Waals surface area contributed by atoms with Gasteiger partial charge >= 0.3 is 0 Å². The highest BCUT2D eigenvalue weighted by Gasteiger charge is 2.14. The molecule has 0 saturated heterocycles. The van der Waals surface area contributed by atoms with Gasteiger partial charge in [0.25, 0.3) is 5.91 Å². The number of aromatic nitrogens is 2. The Morgan fingerprint density at radius 1 is 1.21 bits per heavy atom. The molecule has 0 aliphatic carbocycles. The van der Waals surface area contributed by atoms with E-state index >= 15 is 0 Å². The molecule has 8 heteroatoms. The summed E-state index contributed by atoms with van der Waals surface area (Å²) in [4.78, 5) is 25.8. The lowest BCUT2D eigenvalue weighted by molar-refractivity contribution is 0.0922. The number of hydrogen-bond donors (Lipinski definition) is 1. The molecule has 2 rings (SSSR count). The zero-order valence-electron chi connectivity index (χ0n) is 18.4. The predicted molar refractivity (Wildman–Crippen MR) is 119 cm³/mol. The van der Waals surface area contributed by atoms with Crippen molar-refractivity contribution in [2.45, 2.75) is 44.5 Å². The molecule has 0 unspecified atom stereocenters. The highest BCUT2D eigenvalue weighted by atomic mass is 32.2. The van der Waals surface area contributed by atoms with Gasteiger partial charge < -0.3 is 19.5 Å². The lowest BCUT2D eigenvalue weighted by atomic mass is 10.1. The molecule has 160 valence electrons. The Bertz CT molecular complexity index is 787. The number of nitrogens with zero attached hydrogens (tertiary/aromatic N) is 4. The molecule has 7 nitrogen and oxygen atoms in total. The van der Waals surface area contributed by atoms with Gasteiger partial charge in [0, 0.05) is 37.9 Å². The van der Waals surface area contributed by atoms with Crippen molar-refractivity contribution >= 4 is 23.5 Å². The smallest absolute Gasteiger partial charge is 0.287 e. The van der Waals surface area contributed by atoms with Gasteiger partial charge in [-0.25, -0.2) is 9.97 Å². The Morgan fingerprint density at radius 3 is 2.55 bits per heavy atom. The molecule has 0 aliphatic rings. The summed E-state index contributed by atoms with van der Waals surface area (Å²) >= 11 is 1.52. The molecule has 0 aromatic carbocycles. The number of thioether (sulfide) groups is 1. The monoisotopic (exact) mass is 419 g/mol. The minimum Gasteiger partial charge on any atom is -0.455 e. The van der Waals surface area contributed by atoms with Crippen molar-refractivity contribution < 1.29 is 9.21 Å². The van der Waals surface area contributed by atoms with Crippen LogP contribution >= 0.6 is 11.8 Å². The van der Waals surface area contributed by atoms with Crippen molar-refractivity contribution in [1.82, 2.24) is 20.2 Å². The average Bonchev–Trinajstić information content (AvgIpc) is 3.16. The van der Waals surface area contributed by atoms with E-state index in [0.29, 0.717) is 24.0 Å². The van der Waals surface area contributed by atoms with Crippen LogP contribution in [0.3, 0.4) is 0 Å². The minimum atomic E-state index is -0.190. The molecule has 0 saturated carbocycles. The van der Waals surface area contributed by atoms with Crippen LogP contribution < -0.4 is 10.2 Å². The van der Waals surface area contributed by atoms with E-state index in [1.807, 2.05) is 25.1 Å². The van der Waals surface area contributed by atoms with E-state index in [9.17, 15) is 4.79 Å². The number of carbonyl (C=O) groups excluding carboxylic acids is 1. The average molecular weight is 420 g/mol. The maximum absolute atomic E-state index is 12.2. The molecule has 2 heterocycles. The number of likely N-dealkylation sites (N-methyl/N-ethyl adjacent to an activating group) is 1. The third kappa shape index (κ3) is 7.04. The van der Waals surface area contributed by atoms with Crippen LogP contribution in [0.4, 0.5) is 5.82 Å². The summed E-state index contributed by atoms with van der Waals surface area (Å²) < 4.78 is 5.71. The van der Waals surface area contributed by atoms with Gasteiger partial charge in [0.1, 0.15) is 11.6 Å². The van der Waals surface area contributed by atoms with Gasteiger partial charge in [0.05, 0.1) is 5.75 Å². The highest BCUT2D eigenvalue weighted by molar-refractivity contribution is 7.98. The molecule has 1 amide bonds. The predicted octanol–water partition coefficient (Wildman–Crippen LogP) is 3.62. The maximum Gasteiger partial charge on any atom is 0.287 e. The summed E-state index contributed by atoms with van der Waals surface area (Å²) in [5.74, 6) is 2.73. The Kier molecular flexibility index (Phi) is 8.98. The van der Waals surface area contributed by atoms with E-state index < -0.39 is 0 Å². The van der Waals surface area contributed by atoms with Crippen molar-refractivity contribution in [2.24, 2.45) is 0 Å². The Hall–Kier alpha value is -2.06. The fourth-order valence-corrected chi connectivity index (χ4v) is 3.45. The number of furan rings is 1. The van der Waals surface area contributed by atoms with Crippen molar-refractivity contribution in [2.75, 3.05) is 45.2 Å². The quantitative estimate of drug-likeness (QED) is 0.440. The Labute approximate surface area is 178 Å². The first-order valence-corrected chi connectivity index (χ1v) is 11.1. The number of nitrogens with one attached hydrogen (secondary N) is 1. The molecule has 0 aliphatic heterocycles. The summed E-state index contributed by atoms with van der Waals surface area (Å²) in [6.07, 6.45) is 0. The van der Waals surface area contributed by atoms with Crippen LogP contribution in [0, 0.1) is 0 Å². The third-order valence-electron chi connectivity index (χ3n) is 4.46. The summed E-state index contributed by atoms with van der Waals surface area (Å²) in [5.41, 5.74) is 1.03. The first kappa shape index (κ1) is 23.2. The van der Waals surface area contributed by atoms with E-state index in [-0.39, 0.29) is 5.91 Å². The van der Waals surface area contributed by atoms with Gasteiger partial charge in [0.2, 0.25) is 0 Å². The zero-order valence-corrected chi connectivity index (χ0v) is 19.2. The first-order valence-electron chi connectivity index (χ1n) is 10.1. The molecule has 0 radical (unpaired) electrons. The third-order valence-corrected chi connectivity index (χ3v) is 5.33. The Morgan fingerprint density at radius 2 is 1.93 bits per heavy atom. The number of carbonyl (C=O) groups is 1. The van der Waals surface area contributed by atoms with Crippen LogP contribution in [0.25, 0.3) is 0 Å². The molecular formula is C21H33N5O2S. The number of hydrogen-bond acceptors (Lipinski definition) is 7. The van der Waals surface area contributed by atoms with Crippen molar-refractivity contribution in [3.8, 4) is 0 Å². The highest BCUT2D eigenvalue weighted by Crippen LogP contribution is 2.26. The second-order valence-electron chi connectivity index (χ2n) is 7.37. The number of anilines is 1. The van der Waals surface area contributed by atoms with Crippen LogP contribution in [0.5, 0.6) is 0 Å². The van der Waals surface area contributed by atoms with Crippen LogP contribution in [0.15, 0.2) is 27.8 Å². The second kappa shape index (κ2) is 11.2. The van der Waals surface area contributed by atoms with E-state index in [0.717, 1.165) is 42.1 Å². The number of amides is 1. The van der Waals surface area contributed by atoms with Crippen molar-refractivity contribution in [1.29, 1.82) is 0 Å². The summed E-state index contributed by atoms with van der Waals surface area (Å²) in [6.45, 7) is 11.7. The van der Waals surface area contributed by atoms with Crippen LogP contribution in [0.2, 0.25) is 0 Å². The second-order valence-corrected chi connectivity index (χ2v) is 8.32. The van der Waals surface area contributed by atoms with E-state index in [1.54, 1.807) is 6.07 Å². The molecule has 0 bridgehead atoms. The fraction of sp³-hybridized carbons (Fsp3) is 0.571. The molecule has 0 spiro atoms. The van der Waals surface area contributed by atoms with E-state index in [2.05, 4.69) is 44.0 Å². The first-order chi connectivity index (χ1) is 13.8. The van der Waals surface area contributed by atoms with Crippen molar-refractivity contribution in [3.63, 3.8) is 0 Å². The molecular weight excluding hydrogens is 386 g/mol. The fourth-order valence-electron chi connectivity index (χ4n) is 2.69. The zero-order chi connectivity index (χ0) is 21.4. The van der Waals surface area contributed by atoms with Gasteiger partial charge in [-0.05, 0) is 46.0 Å². The summed E-state index contributed by atoms with van der Waals surface area (Å²) in [6, 6.07) is 5.63. The largest absolute Gasteiger partial charge is 0.455 e. The lowest BCUT2D eigenvalue weighted by Crippen LogP contribution is -2.31. The molecule has 2 aromatic heterocycles. The SMILES string of the molecule is CCN(CC)c1cc(C(C)C)nc(SCc2ccc(C(=O)NCCN(C)C)o2)n1. The van der Waals surface area contributed by atoms with Gasteiger partial charge in [0.15, 0.2) is 10.9 Å². The van der Waals surface area contributed by atoms with Gasteiger partial charge in [-0.15, -0.1) is 0 Å². The normalized spacial score (nSPS) is 11.3. The Balaban J connectivity index is 2.04. The topological polar surface area (TPSA) is 74.5 Å². The summed E-state index contributed by atoms with van der Waals surface area (Å²) in [7, 11) is 3.94. The van der Waals surface area contributed by atoms with Gasteiger partial charge in [-0.3, -0.25) is 4.79 Å². The van der Waals surface area contributed by atoms with E-state index in [4.69, 9.17) is 14.4 Å². The molecule has 0 atom stereocenters. The lowest BCUT2D eigenvalue weighted by Gasteiger charge is -2.21. The number of rotatable bonds is 11. The molecule has 29 heavy (non-hydrogen) atoms. The molecule has 1 N–H and O–H groups in total. The maximum atomic E-state index is 12.2. The van der Waals surface area contributed by atoms with Crippen LogP contribution in [0.1, 0.15) is 55.6 Å². The minimum absolute atomic E-state index is 0.190. The van der Waals surface area contributed by atoms with Crippen molar-refractivity contribution in [3.05, 3.63) is 35.4 Å². The van der Waals surface area contributed by atoms with Gasteiger partial charge in [-0.1, -0.05) is 25.6 Å². The van der Waals surface area contributed by atoms with Crippen LogP contribution in [-0.2, 0) is 5.75 Å².